The Bertz CT molecular complexity index is 922. The minimum Gasteiger partial charge on any atom is -0.466 e. The predicted octanol–water partition coefficient (Wildman–Crippen LogP) is 4.25. The van der Waals surface area contributed by atoms with Crippen molar-refractivity contribution in [1.82, 2.24) is 5.32 Å². The number of nitrogens with one attached hydrogen (secondary N) is 1. The summed E-state index contributed by atoms with van der Waals surface area (Å²) in [4.78, 5) is 37.0. The number of ether oxygens (including phenoxy) is 3. The average Bonchev–Trinajstić information content (AvgIpc) is 2.69. The van der Waals surface area contributed by atoms with E-state index in [4.69, 9.17) is 37.4 Å². The normalized spacial score (nSPS) is 16.1. The Kier molecular flexibility index (Phi) is 8.32. The summed E-state index contributed by atoms with van der Waals surface area (Å²) in [7, 11) is 1.25. The molecule has 30 heavy (non-hydrogen) atoms. The maximum absolute atomic E-state index is 12.9. The van der Waals surface area contributed by atoms with Crippen molar-refractivity contribution in [1.29, 1.82) is 0 Å². The van der Waals surface area contributed by atoms with Gasteiger partial charge in [0, 0.05) is 17.8 Å². The molecule has 9 heteroatoms. The van der Waals surface area contributed by atoms with Crippen LogP contribution in [0, 0.1) is 0 Å². The Labute approximate surface area is 185 Å². The summed E-state index contributed by atoms with van der Waals surface area (Å²) < 4.78 is 15.0. The first-order chi connectivity index (χ1) is 14.2. The molecular formula is C21H23Cl2NO6. The van der Waals surface area contributed by atoms with Crippen LogP contribution in [0.5, 0.6) is 0 Å². The highest BCUT2D eigenvalue weighted by molar-refractivity contribution is 6.42. The van der Waals surface area contributed by atoms with Crippen LogP contribution in [-0.2, 0) is 28.6 Å². The molecule has 0 aliphatic carbocycles. The fourth-order valence-electron chi connectivity index (χ4n) is 3.17. The van der Waals surface area contributed by atoms with E-state index in [-0.39, 0.29) is 22.6 Å². The van der Waals surface area contributed by atoms with Crippen molar-refractivity contribution in [2.45, 2.75) is 39.5 Å². The number of esters is 3. The van der Waals surface area contributed by atoms with Gasteiger partial charge in [-0.2, -0.15) is 0 Å². The molecule has 0 aromatic heterocycles. The highest BCUT2D eigenvalue weighted by atomic mass is 35.5. The first kappa shape index (κ1) is 23.8. The maximum atomic E-state index is 12.9. The first-order valence-electron chi connectivity index (χ1n) is 9.25. The predicted molar refractivity (Wildman–Crippen MR) is 112 cm³/mol. The third-order valence-electron chi connectivity index (χ3n) is 4.53. The topological polar surface area (TPSA) is 90.9 Å². The van der Waals surface area contributed by atoms with Crippen molar-refractivity contribution in [3.8, 4) is 0 Å². The number of halogens is 2. The van der Waals surface area contributed by atoms with Crippen molar-refractivity contribution in [2.24, 2.45) is 0 Å². The summed E-state index contributed by atoms with van der Waals surface area (Å²) in [6.45, 7) is 4.69. The third kappa shape index (κ3) is 5.34. The third-order valence-corrected chi connectivity index (χ3v) is 5.27. The van der Waals surface area contributed by atoms with Gasteiger partial charge in [0.2, 0.25) is 6.79 Å². The molecule has 2 rings (SSSR count). The Morgan fingerprint density at radius 2 is 1.63 bits per heavy atom. The molecule has 0 amide bonds. The van der Waals surface area contributed by atoms with Gasteiger partial charge in [-0.3, -0.25) is 4.79 Å². The number of benzene rings is 1. The van der Waals surface area contributed by atoms with E-state index in [1.165, 1.54) is 7.11 Å². The molecule has 1 heterocycles. The number of methoxy groups -OCH3 is 1. The van der Waals surface area contributed by atoms with E-state index in [0.29, 0.717) is 28.4 Å². The number of carbonyl (C=O) groups is 3. The highest BCUT2D eigenvalue weighted by Crippen LogP contribution is 2.40. The van der Waals surface area contributed by atoms with Crippen LogP contribution in [0.15, 0.2) is 40.7 Å². The van der Waals surface area contributed by atoms with Gasteiger partial charge in [-0.1, -0.05) is 36.2 Å². The number of carbonyl (C=O) groups excluding carboxylic acids is 3. The SMILES string of the molecule is CCCC(=O)OCOC(=O)C1=C(C)NC(C)=C(C(=O)OC)C1c1ccc(Cl)c(Cl)c1. The highest BCUT2D eigenvalue weighted by Gasteiger charge is 2.38. The van der Waals surface area contributed by atoms with Crippen LogP contribution < -0.4 is 5.32 Å². The van der Waals surface area contributed by atoms with Gasteiger partial charge < -0.3 is 19.5 Å². The van der Waals surface area contributed by atoms with Crippen molar-refractivity contribution in [2.75, 3.05) is 13.9 Å². The summed E-state index contributed by atoms with van der Waals surface area (Å²) >= 11 is 12.2. The standard InChI is InChI=1S/C21H23Cl2NO6/c1-5-6-16(25)29-10-30-21(27)18-12(3)24-11(2)17(20(26)28-4)19(18)13-7-8-14(22)15(23)9-13/h7-9,19,24H,5-6,10H2,1-4H3. The molecule has 1 aromatic carbocycles. The van der Waals surface area contributed by atoms with Gasteiger partial charge in [0.1, 0.15) is 0 Å². The van der Waals surface area contributed by atoms with Crippen molar-refractivity contribution in [3.63, 3.8) is 0 Å². The van der Waals surface area contributed by atoms with Gasteiger partial charge in [-0.25, -0.2) is 9.59 Å². The number of hydrogen-bond acceptors (Lipinski definition) is 7. The smallest absolute Gasteiger partial charge is 0.339 e. The Balaban J connectivity index is 2.43. The van der Waals surface area contributed by atoms with Gasteiger partial charge in [-0.15, -0.1) is 0 Å². The van der Waals surface area contributed by atoms with Crippen LogP contribution in [0.25, 0.3) is 0 Å². The van der Waals surface area contributed by atoms with Crippen LogP contribution in [0.2, 0.25) is 10.0 Å². The second-order valence-electron chi connectivity index (χ2n) is 6.62. The number of dihydropyridines is 1. The molecule has 1 aromatic rings. The second-order valence-corrected chi connectivity index (χ2v) is 7.43. The van der Waals surface area contributed by atoms with Crippen LogP contribution in [-0.4, -0.2) is 31.8 Å². The minimum atomic E-state index is -0.813. The lowest BCUT2D eigenvalue weighted by Gasteiger charge is -2.30. The number of allylic oxidation sites excluding steroid dienone is 2. The second kappa shape index (κ2) is 10.5. The van der Waals surface area contributed by atoms with E-state index in [1.54, 1.807) is 32.0 Å². The molecule has 1 unspecified atom stereocenters. The zero-order valence-corrected chi connectivity index (χ0v) is 18.6. The lowest BCUT2D eigenvalue weighted by atomic mass is 9.80. The van der Waals surface area contributed by atoms with Gasteiger partial charge in [0.15, 0.2) is 0 Å². The van der Waals surface area contributed by atoms with Crippen molar-refractivity contribution >= 4 is 41.1 Å². The fourth-order valence-corrected chi connectivity index (χ4v) is 3.48. The van der Waals surface area contributed by atoms with Crippen LogP contribution in [0.4, 0.5) is 0 Å². The van der Waals surface area contributed by atoms with E-state index in [9.17, 15) is 14.4 Å². The Hall–Kier alpha value is -2.51. The van der Waals surface area contributed by atoms with Gasteiger partial charge in [-0.05, 0) is 38.0 Å². The zero-order chi connectivity index (χ0) is 22.4. The lowest BCUT2D eigenvalue weighted by molar-refractivity contribution is -0.164. The van der Waals surface area contributed by atoms with E-state index < -0.39 is 30.6 Å². The molecular weight excluding hydrogens is 433 g/mol. The molecule has 1 aliphatic heterocycles. The van der Waals surface area contributed by atoms with E-state index in [2.05, 4.69) is 5.32 Å². The first-order valence-corrected chi connectivity index (χ1v) is 10.0. The van der Waals surface area contributed by atoms with E-state index in [0.717, 1.165) is 0 Å². The molecule has 1 aliphatic rings. The van der Waals surface area contributed by atoms with E-state index >= 15 is 0 Å². The molecule has 0 saturated heterocycles. The summed E-state index contributed by atoms with van der Waals surface area (Å²) in [6, 6.07) is 4.83. The summed E-state index contributed by atoms with van der Waals surface area (Å²) in [6.07, 6.45) is 0.841. The number of rotatable bonds is 7. The Morgan fingerprint density at radius 3 is 2.20 bits per heavy atom. The quantitative estimate of drug-likeness (QED) is 0.485. The van der Waals surface area contributed by atoms with Crippen LogP contribution in [0.3, 0.4) is 0 Å². The van der Waals surface area contributed by atoms with Gasteiger partial charge in [0.05, 0.1) is 34.2 Å². The molecule has 1 atom stereocenters. The van der Waals surface area contributed by atoms with Crippen molar-refractivity contribution in [3.05, 3.63) is 56.3 Å². The molecule has 0 fully saturated rings. The fraction of sp³-hybridized carbons (Fsp3) is 0.381. The zero-order valence-electron chi connectivity index (χ0n) is 17.1. The lowest BCUT2D eigenvalue weighted by Crippen LogP contribution is -2.32. The molecule has 7 nitrogen and oxygen atoms in total. The van der Waals surface area contributed by atoms with E-state index in [1.807, 2.05) is 6.92 Å². The summed E-state index contributed by atoms with van der Waals surface area (Å²) in [5.74, 6) is -2.63. The molecule has 0 bridgehead atoms. The molecule has 1 N–H and O–H groups in total. The largest absolute Gasteiger partial charge is 0.466 e. The molecule has 162 valence electrons. The Morgan fingerprint density at radius 1 is 1.00 bits per heavy atom. The van der Waals surface area contributed by atoms with Crippen LogP contribution >= 0.6 is 23.2 Å². The molecule has 0 radical (unpaired) electrons. The van der Waals surface area contributed by atoms with Crippen molar-refractivity contribution < 1.29 is 28.6 Å². The average molecular weight is 456 g/mol. The van der Waals surface area contributed by atoms with Crippen LogP contribution in [0.1, 0.15) is 45.1 Å². The maximum Gasteiger partial charge on any atom is 0.339 e. The number of hydrogen-bond donors (Lipinski definition) is 1. The summed E-state index contributed by atoms with van der Waals surface area (Å²) in [5.41, 5.74) is 1.98. The summed E-state index contributed by atoms with van der Waals surface area (Å²) in [5, 5.41) is 3.62. The monoisotopic (exact) mass is 455 g/mol. The van der Waals surface area contributed by atoms with Gasteiger partial charge >= 0.3 is 17.9 Å². The minimum absolute atomic E-state index is 0.172. The van der Waals surface area contributed by atoms with Gasteiger partial charge in [0.25, 0.3) is 0 Å². The molecule has 0 saturated carbocycles. The molecule has 0 spiro atoms.